The van der Waals surface area contributed by atoms with Crippen molar-refractivity contribution in [1.82, 2.24) is 16.0 Å². The molecule has 0 aromatic heterocycles. The summed E-state index contributed by atoms with van der Waals surface area (Å²) in [5, 5.41) is 17.0. The van der Waals surface area contributed by atoms with E-state index >= 15 is 0 Å². The maximum Gasteiger partial charge on any atom is 0.326 e. The SMILES string of the molecule is CCC(C)C(N)C(=O)NC(CCCN=C(N)N)C(=O)NC(CCCCN)C(=O)NC(CCC(N)=O)C(=O)O. The Balaban J connectivity index is 5.68. The molecule has 5 atom stereocenters. The van der Waals surface area contributed by atoms with Gasteiger partial charge in [0.2, 0.25) is 23.6 Å². The molecule has 5 unspecified atom stereocenters. The fourth-order valence-corrected chi connectivity index (χ4v) is 3.40. The third-order valence-electron chi connectivity index (χ3n) is 6.01. The number of nitrogens with one attached hydrogen (secondary N) is 3. The minimum absolute atomic E-state index is 0.116. The van der Waals surface area contributed by atoms with Crippen molar-refractivity contribution in [2.24, 2.45) is 39.6 Å². The predicted octanol–water partition coefficient (Wildman–Crippen LogP) is -2.65. The number of aliphatic carboxylic acids is 1. The number of guanidine groups is 1. The molecule has 0 bridgehead atoms. The molecule has 0 aliphatic heterocycles. The Bertz CT molecular complexity index is 819. The predicted molar refractivity (Wildman–Crippen MR) is 142 cm³/mol. The molecule has 15 nitrogen and oxygen atoms in total. The quantitative estimate of drug-likeness (QED) is 0.0436. The zero-order valence-corrected chi connectivity index (χ0v) is 22.3. The number of primary amides is 1. The van der Waals surface area contributed by atoms with Crippen LogP contribution in [0.3, 0.4) is 0 Å². The number of aliphatic imine (C=N–C) groups is 1. The fraction of sp³-hybridized carbons (Fsp3) is 0.739. The van der Waals surface area contributed by atoms with Crippen molar-refractivity contribution in [3.05, 3.63) is 0 Å². The van der Waals surface area contributed by atoms with E-state index in [0.717, 1.165) is 0 Å². The number of unbranched alkanes of at least 4 members (excludes halogenated alkanes) is 1. The maximum atomic E-state index is 13.2. The Morgan fingerprint density at radius 2 is 1.34 bits per heavy atom. The van der Waals surface area contributed by atoms with E-state index in [0.29, 0.717) is 32.2 Å². The molecule has 0 saturated heterocycles. The van der Waals surface area contributed by atoms with Gasteiger partial charge in [0.05, 0.1) is 6.04 Å². The Kier molecular flexibility index (Phi) is 17.0. The Hall–Kier alpha value is -3.46. The van der Waals surface area contributed by atoms with E-state index in [1.165, 1.54) is 0 Å². The maximum absolute atomic E-state index is 13.2. The minimum Gasteiger partial charge on any atom is -0.480 e. The van der Waals surface area contributed by atoms with Crippen LogP contribution in [0, 0.1) is 5.92 Å². The van der Waals surface area contributed by atoms with E-state index < -0.39 is 53.8 Å². The number of carboxylic acids is 1. The molecule has 0 radical (unpaired) electrons. The topological polar surface area (TPSA) is 284 Å². The van der Waals surface area contributed by atoms with Crippen LogP contribution in [0.2, 0.25) is 0 Å². The molecule has 4 amide bonds. The van der Waals surface area contributed by atoms with Gasteiger partial charge >= 0.3 is 5.97 Å². The summed E-state index contributed by atoms with van der Waals surface area (Å²) in [6.45, 7) is 4.26. The number of nitrogens with zero attached hydrogens (tertiary/aromatic N) is 1. The lowest BCUT2D eigenvalue weighted by Gasteiger charge is -2.26. The van der Waals surface area contributed by atoms with Crippen molar-refractivity contribution in [3.63, 3.8) is 0 Å². The molecule has 0 aliphatic carbocycles. The van der Waals surface area contributed by atoms with Crippen molar-refractivity contribution in [1.29, 1.82) is 0 Å². The lowest BCUT2D eigenvalue weighted by Crippen LogP contribution is -2.57. The van der Waals surface area contributed by atoms with E-state index in [1.807, 2.05) is 13.8 Å². The first kappa shape index (κ1) is 34.5. The van der Waals surface area contributed by atoms with Gasteiger partial charge in [-0.25, -0.2) is 4.79 Å². The highest BCUT2D eigenvalue weighted by molar-refractivity contribution is 5.94. The monoisotopic (exact) mass is 543 g/mol. The molecule has 14 N–H and O–H groups in total. The Labute approximate surface area is 223 Å². The van der Waals surface area contributed by atoms with Gasteiger partial charge < -0.3 is 49.7 Å². The highest BCUT2D eigenvalue weighted by Crippen LogP contribution is 2.09. The second-order valence-corrected chi connectivity index (χ2v) is 9.17. The number of amides is 4. The number of carboxylic acid groups (broad SMARTS) is 1. The third kappa shape index (κ3) is 14.3. The summed E-state index contributed by atoms with van der Waals surface area (Å²) in [4.78, 5) is 65.4. The van der Waals surface area contributed by atoms with Gasteiger partial charge in [0, 0.05) is 13.0 Å². The summed E-state index contributed by atoms with van der Waals surface area (Å²) in [7, 11) is 0. The number of rotatable bonds is 20. The van der Waals surface area contributed by atoms with Gasteiger partial charge in [-0.15, -0.1) is 0 Å². The van der Waals surface area contributed by atoms with Gasteiger partial charge in [0.25, 0.3) is 0 Å². The van der Waals surface area contributed by atoms with Crippen LogP contribution in [0.5, 0.6) is 0 Å². The van der Waals surface area contributed by atoms with Crippen molar-refractivity contribution in [2.45, 2.75) is 89.4 Å². The first-order valence-corrected chi connectivity index (χ1v) is 12.8. The second kappa shape index (κ2) is 18.7. The smallest absolute Gasteiger partial charge is 0.326 e. The van der Waals surface area contributed by atoms with Crippen LogP contribution in [0.15, 0.2) is 4.99 Å². The molecule has 0 saturated carbocycles. The highest BCUT2D eigenvalue weighted by Gasteiger charge is 2.30. The van der Waals surface area contributed by atoms with Gasteiger partial charge in [0.15, 0.2) is 5.96 Å². The van der Waals surface area contributed by atoms with Crippen LogP contribution in [0.1, 0.15) is 65.2 Å². The number of hydrogen-bond donors (Lipinski definition) is 9. The summed E-state index contributed by atoms with van der Waals surface area (Å²) in [5.74, 6) is -4.25. The molecule has 38 heavy (non-hydrogen) atoms. The number of carbonyl (C=O) groups excluding carboxylic acids is 4. The van der Waals surface area contributed by atoms with Crippen LogP contribution in [0.25, 0.3) is 0 Å². The number of nitrogens with two attached hydrogens (primary N) is 5. The summed E-state index contributed by atoms with van der Waals surface area (Å²) in [6.07, 6.45) is 1.87. The molecule has 15 heteroatoms. The van der Waals surface area contributed by atoms with Gasteiger partial charge in [-0.05, 0) is 51.0 Å². The van der Waals surface area contributed by atoms with Crippen LogP contribution >= 0.6 is 0 Å². The van der Waals surface area contributed by atoms with E-state index in [-0.39, 0.29) is 44.1 Å². The van der Waals surface area contributed by atoms with E-state index in [9.17, 15) is 29.1 Å². The normalized spacial score (nSPS) is 14.7. The molecule has 0 rings (SSSR count). The van der Waals surface area contributed by atoms with Crippen LogP contribution < -0.4 is 44.6 Å². The average Bonchev–Trinajstić information content (AvgIpc) is 2.85. The first-order chi connectivity index (χ1) is 17.8. The summed E-state index contributed by atoms with van der Waals surface area (Å²) in [6, 6.07) is -4.41. The van der Waals surface area contributed by atoms with E-state index in [1.54, 1.807) is 0 Å². The number of hydrogen-bond acceptors (Lipinski definition) is 8. The van der Waals surface area contributed by atoms with Gasteiger partial charge in [-0.2, -0.15) is 0 Å². The Morgan fingerprint density at radius 3 is 1.82 bits per heavy atom. The molecule has 0 heterocycles. The summed E-state index contributed by atoms with van der Waals surface area (Å²) < 4.78 is 0. The summed E-state index contributed by atoms with van der Waals surface area (Å²) in [5.41, 5.74) is 27.3. The molecule has 0 aromatic rings. The van der Waals surface area contributed by atoms with Crippen molar-refractivity contribution in [2.75, 3.05) is 13.1 Å². The summed E-state index contributed by atoms with van der Waals surface area (Å²) >= 11 is 0. The minimum atomic E-state index is -1.38. The first-order valence-electron chi connectivity index (χ1n) is 12.8. The lowest BCUT2D eigenvalue weighted by atomic mass is 9.98. The van der Waals surface area contributed by atoms with Crippen LogP contribution in [0.4, 0.5) is 0 Å². The molecule has 0 aromatic carbocycles. The molecule has 218 valence electrons. The van der Waals surface area contributed by atoms with Crippen molar-refractivity contribution >= 4 is 35.6 Å². The zero-order valence-electron chi connectivity index (χ0n) is 22.3. The lowest BCUT2D eigenvalue weighted by molar-refractivity contribution is -0.142. The standard InChI is InChI=1S/C23H45N9O6/c1-3-13(2)18(26)21(36)31-15(8-6-12-29-23(27)28)19(34)30-14(7-4-5-11-24)20(35)32-16(22(37)38)9-10-17(25)33/h13-16,18H,3-12,24,26H2,1-2H3,(H2,25,33)(H,30,34)(H,31,36)(H,32,35)(H,37,38)(H4,27,28,29). The van der Waals surface area contributed by atoms with E-state index in [2.05, 4.69) is 20.9 Å². The zero-order chi connectivity index (χ0) is 29.3. The van der Waals surface area contributed by atoms with Crippen LogP contribution in [-0.4, -0.2) is 77.9 Å². The van der Waals surface area contributed by atoms with Crippen molar-refractivity contribution < 1.29 is 29.1 Å². The molecule has 0 aliphatic rings. The number of carbonyl (C=O) groups is 5. The third-order valence-corrected chi connectivity index (χ3v) is 6.01. The average molecular weight is 544 g/mol. The molecule has 0 fully saturated rings. The van der Waals surface area contributed by atoms with Gasteiger partial charge in [-0.1, -0.05) is 20.3 Å². The molecular weight excluding hydrogens is 498 g/mol. The van der Waals surface area contributed by atoms with Crippen LogP contribution in [-0.2, 0) is 24.0 Å². The second-order valence-electron chi connectivity index (χ2n) is 9.17. The van der Waals surface area contributed by atoms with Gasteiger partial charge in [-0.3, -0.25) is 24.2 Å². The fourth-order valence-electron chi connectivity index (χ4n) is 3.40. The highest BCUT2D eigenvalue weighted by atomic mass is 16.4. The molecule has 0 spiro atoms. The largest absolute Gasteiger partial charge is 0.480 e. The molecular formula is C23H45N9O6. The van der Waals surface area contributed by atoms with E-state index in [4.69, 9.17) is 28.7 Å². The van der Waals surface area contributed by atoms with Gasteiger partial charge in [0.1, 0.15) is 18.1 Å². The van der Waals surface area contributed by atoms with Crippen molar-refractivity contribution in [3.8, 4) is 0 Å². The Morgan fingerprint density at radius 1 is 0.816 bits per heavy atom.